The van der Waals surface area contributed by atoms with Crippen LogP contribution in [-0.4, -0.2) is 86.7 Å². The Bertz CT molecular complexity index is 345. The Labute approximate surface area is 143 Å². The maximum Gasteiger partial charge on any atom is 0.0261 e. The summed E-state index contributed by atoms with van der Waals surface area (Å²) in [6, 6.07) is 1.52. The molecule has 0 aromatic carbocycles. The third kappa shape index (κ3) is 4.68. The first-order chi connectivity index (χ1) is 11.1. The zero-order chi connectivity index (χ0) is 16.2. The van der Waals surface area contributed by atoms with E-state index in [0.717, 1.165) is 23.9 Å². The van der Waals surface area contributed by atoms with E-state index in [1.54, 1.807) is 0 Å². The number of hydrogen-bond acceptors (Lipinski definition) is 4. The fourth-order valence-electron chi connectivity index (χ4n) is 4.84. The van der Waals surface area contributed by atoms with Gasteiger partial charge >= 0.3 is 0 Å². The molecule has 1 N–H and O–H groups in total. The summed E-state index contributed by atoms with van der Waals surface area (Å²) in [5.74, 6) is 1.80. The Morgan fingerprint density at radius 1 is 1.00 bits per heavy atom. The first-order valence-electron chi connectivity index (χ1n) is 9.97. The highest BCUT2D eigenvalue weighted by Gasteiger charge is 2.34. The number of nitrogens with zero attached hydrogens (tertiary/aromatic N) is 3. The van der Waals surface area contributed by atoms with Crippen LogP contribution < -0.4 is 5.32 Å². The maximum atomic E-state index is 3.67. The minimum absolute atomic E-state index is 0.733. The molecular weight excluding hydrogens is 284 g/mol. The van der Waals surface area contributed by atoms with Crippen molar-refractivity contribution in [2.24, 2.45) is 11.8 Å². The van der Waals surface area contributed by atoms with Crippen LogP contribution in [0.4, 0.5) is 0 Å². The molecule has 2 atom stereocenters. The largest absolute Gasteiger partial charge is 0.315 e. The molecule has 0 radical (unpaired) electrons. The normalized spacial score (nSPS) is 33.4. The lowest BCUT2D eigenvalue weighted by Crippen LogP contribution is -2.57. The number of rotatable bonds is 4. The molecule has 23 heavy (non-hydrogen) atoms. The van der Waals surface area contributed by atoms with E-state index in [9.17, 15) is 0 Å². The average molecular weight is 323 g/mol. The summed E-state index contributed by atoms with van der Waals surface area (Å²) in [5, 5.41) is 3.67. The topological polar surface area (TPSA) is 21.8 Å². The molecule has 3 saturated heterocycles. The van der Waals surface area contributed by atoms with Gasteiger partial charge in [0.15, 0.2) is 0 Å². The average Bonchev–Trinajstić information content (AvgIpc) is 2.57. The van der Waals surface area contributed by atoms with E-state index in [4.69, 9.17) is 0 Å². The molecule has 0 saturated carbocycles. The molecule has 0 aliphatic carbocycles. The van der Waals surface area contributed by atoms with Crippen LogP contribution in [0.1, 0.15) is 39.0 Å². The van der Waals surface area contributed by atoms with Crippen molar-refractivity contribution in [3.63, 3.8) is 0 Å². The van der Waals surface area contributed by atoms with Gasteiger partial charge in [0.05, 0.1) is 0 Å². The van der Waals surface area contributed by atoms with Crippen molar-refractivity contribution in [2.75, 3.05) is 59.9 Å². The van der Waals surface area contributed by atoms with E-state index in [-0.39, 0.29) is 0 Å². The molecule has 4 nitrogen and oxygen atoms in total. The molecule has 3 aliphatic heterocycles. The summed E-state index contributed by atoms with van der Waals surface area (Å²) in [7, 11) is 4.66. The smallest absolute Gasteiger partial charge is 0.0261 e. The molecule has 2 unspecified atom stereocenters. The number of likely N-dealkylation sites (tertiary alicyclic amines) is 2. The minimum atomic E-state index is 0.733. The highest BCUT2D eigenvalue weighted by molar-refractivity contribution is 4.91. The standard InChI is InChI=1S/C19H38N4/c1-16-5-12-23(13-6-16)15-17-4-9-20-14-19(17)22(3)18-7-10-21(2)11-8-18/h16-20H,4-15H2,1-3H3. The van der Waals surface area contributed by atoms with Crippen molar-refractivity contribution in [3.8, 4) is 0 Å². The van der Waals surface area contributed by atoms with Crippen LogP contribution in [0.15, 0.2) is 0 Å². The quantitative estimate of drug-likeness (QED) is 0.851. The molecule has 0 bridgehead atoms. The third-order valence-corrected chi connectivity index (χ3v) is 6.75. The summed E-state index contributed by atoms with van der Waals surface area (Å²) >= 11 is 0. The molecule has 4 heteroatoms. The van der Waals surface area contributed by atoms with Crippen LogP contribution in [0.2, 0.25) is 0 Å². The lowest BCUT2D eigenvalue weighted by Gasteiger charge is -2.46. The van der Waals surface area contributed by atoms with Crippen molar-refractivity contribution in [3.05, 3.63) is 0 Å². The van der Waals surface area contributed by atoms with Gasteiger partial charge in [0.2, 0.25) is 0 Å². The van der Waals surface area contributed by atoms with Gasteiger partial charge in [0.25, 0.3) is 0 Å². The summed E-state index contributed by atoms with van der Waals surface area (Å²) in [4.78, 5) is 7.98. The predicted octanol–water partition coefficient (Wildman–Crippen LogP) is 1.72. The lowest BCUT2D eigenvalue weighted by molar-refractivity contribution is 0.0439. The van der Waals surface area contributed by atoms with E-state index in [0.29, 0.717) is 0 Å². The van der Waals surface area contributed by atoms with Gasteiger partial charge in [-0.3, -0.25) is 4.90 Å². The van der Waals surface area contributed by atoms with Gasteiger partial charge in [0, 0.05) is 25.2 Å². The van der Waals surface area contributed by atoms with Crippen LogP contribution in [0.3, 0.4) is 0 Å². The van der Waals surface area contributed by atoms with Crippen LogP contribution in [0.5, 0.6) is 0 Å². The summed E-state index contributed by atoms with van der Waals surface area (Å²) in [6.07, 6.45) is 6.85. The lowest BCUT2D eigenvalue weighted by atomic mass is 9.88. The first-order valence-corrected chi connectivity index (χ1v) is 9.97. The van der Waals surface area contributed by atoms with E-state index in [1.807, 2.05) is 0 Å². The summed E-state index contributed by atoms with van der Waals surface area (Å²) in [6.45, 7) is 11.3. The summed E-state index contributed by atoms with van der Waals surface area (Å²) in [5.41, 5.74) is 0. The molecule has 0 aromatic heterocycles. The van der Waals surface area contributed by atoms with Crippen LogP contribution in [0.25, 0.3) is 0 Å². The Kier molecular flexibility index (Phi) is 6.36. The van der Waals surface area contributed by atoms with Gasteiger partial charge in [-0.05, 0) is 90.8 Å². The summed E-state index contributed by atoms with van der Waals surface area (Å²) < 4.78 is 0. The van der Waals surface area contributed by atoms with E-state index < -0.39 is 0 Å². The van der Waals surface area contributed by atoms with Crippen molar-refractivity contribution < 1.29 is 0 Å². The fourth-order valence-corrected chi connectivity index (χ4v) is 4.84. The molecule has 0 spiro atoms. The van der Waals surface area contributed by atoms with Gasteiger partial charge in [-0.15, -0.1) is 0 Å². The van der Waals surface area contributed by atoms with Crippen molar-refractivity contribution in [1.29, 1.82) is 0 Å². The number of piperidine rings is 3. The van der Waals surface area contributed by atoms with Gasteiger partial charge in [-0.25, -0.2) is 0 Å². The van der Waals surface area contributed by atoms with Gasteiger partial charge in [0.1, 0.15) is 0 Å². The molecular formula is C19H38N4. The fraction of sp³-hybridized carbons (Fsp3) is 1.00. The highest BCUT2D eigenvalue weighted by atomic mass is 15.2. The number of hydrogen-bond donors (Lipinski definition) is 1. The third-order valence-electron chi connectivity index (χ3n) is 6.75. The monoisotopic (exact) mass is 322 g/mol. The van der Waals surface area contributed by atoms with Crippen LogP contribution >= 0.6 is 0 Å². The maximum absolute atomic E-state index is 3.67. The Morgan fingerprint density at radius 3 is 2.39 bits per heavy atom. The van der Waals surface area contributed by atoms with Gasteiger partial charge in [-0.2, -0.15) is 0 Å². The molecule has 134 valence electrons. The second kappa shape index (κ2) is 8.28. The van der Waals surface area contributed by atoms with Crippen molar-refractivity contribution >= 4 is 0 Å². The minimum Gasteiger partial charge on any atom is -0.315 e. The van der Waals surface area contributed by atoms with Crippen molar-refractivity contribution in [2.45, 2.75) is 51.1 Å². The van der Waals surface area contributed by atoms with Gasteiger partial charge in [-0.1, -0.05) is 6.92 Å². The van der Waals surface area contributed by atoms with E-state index in [2.05, 4.69) is 41.0 Å². The van der Waals surface area contributed by atoms with Gasteiger partial charge < -0.3 is 15.1 Å². The SMILES string of the molecule is CC1CCN(CC2CCNCC2N(C)C2CCN(C)CC2)CC1. The second-order valence-corrected chi connectivity index (χ2v) is 8.50. The predicted molar refractivity (Wildman–Crippen MR) is 97.9 cm³/mol. The molecule has 3 rings (SSSR count). The van der Waals surface area contributed by atoms with Crippen LogP contribution in [-0.2, 0) is 0 Å². The Balaban J connectivity index is 1.55. The van der Waals surface area contributed by atoms with E-state index >= 15 is 0 Å². The molecule has 0 amide bonds. The molecule has 3 heterocycles. The molecule has 3 fully saturated rings. The van der Waals surface area contributed by atoms with E-state index in [1.165, 1.54) is 77.9 Å². The second-order valence-electron chi connectivity index (χ2n) is 8.50. The zero-order valence-electron chi connectivity index (χ0n) is 15.6. The number of nitrogens with one attached hydrogen (secondary N) is 1. The molecule has 3 aliphatic rings. The zero-order valence-corrected chi connectivity index (χ0v) is 15.6. The van der Waals surface area contributed by atoms with Crippen LogP contribution in [0, 0.1) is 11.8 Å². The Hall–Kier alpha value is -0.160. The number of likely N-dealkylation sites (N-methyl/N-ethyl adjacent to an activating group) is 1. The highest BCUT2D eigenvalue weighted by Crippen LogP contribution is 2.26. The molecule has 0 aromatic rings. The van der Waals surface area contributed by atoms with Crippen molar-refractivity contribution in [1.82, 2.24) is 20.0 Å². The first kappa shape index (κ1) is 17.7. The Morgan fingerprint density at radius 2 is 1.70 bits per heavy atom.